The zero-order valence-electron chi connectivity index (χ0n) is 74.7. The highest BCUT2D eigenvalue weighted by atomic mass is 15.1. The SMILES string of the molecule is CCC[NH+](C)CC.CCC[NH+](C)CC.CCC[NH+](CC)c1ccccc1.CCC[NH+](CC)c1ccccc1.CC[NH+](C)C.CC[NH+](C)CC.CC[NH+](C)CC.CC[NH+](C)CC.CC[NH+](C)c1ccccc1.CC[NH+](CC)c1ccccc1.CC[NH+](CC)c1ccccc1.CC[NH+](CC)c1ccccc1. The maximum Gasteiger partial charge on any atom is 0.131 e. The molecule has 0 aliphatic heterocycles. The van der Waals surface area contributed by atoms with Gasteiger partial charge in [0, 0.05) is 0 Å². The highest BCUT2D eigenvalue weighted by Crippen LogP contribution is 2.02. The average Bonchev–Trinajstić information content (AvgIpc) is 0.975. The van der Waals surface area contributed by atoms with E-state index in [9.17, 15) is 0 Å². The van der Waals surface area contributed by atoms with Crippen molar-refractivity contribution in [1.29, 1.82) is 0 Å². The van der Waals surface area contributed by atoms with E-state index in [1.807, 2.05) is 6.07 Å². The van der Waals surface area contributed by atoms with Gasteiger partial charge in [-0.3, -0.25) is 0 Å². The highest BCUT2D eigenvalue weighted by Gasteiger charge is 2.09. The number of para-hydroxylation sites is 6. The third kappa shape index (κ3) is 67.4. The molecule has 0 saturated carbocycles. The first kappa shape index (κ1) is 110. The quantitative estimate of drug-likeness (QED) is 0.0266. The number of hydrogen-bond acceptors (Lipinski definition) is 0. The van der Waals surface area contributed by atoms with Crippen molar-refractivity contribution in [1.82, 2.24) is 0 Å². The predicted molar refractivity (Wildman–Crippen MR) is 466 cm³/mol. The van der Waals surface area contributed by atoms with E-state index in [4.69, 9.17) is 0 Å². The zero-order valence-corrected chi connectivity index (χ0v) is 74.7. The van der Waals surface area contributed by atoms with Crippen LogP contribution in [0.3, 0.4) is 0 Å². The Kier molecular flexibility index (Phi) is 88.1. The van der Waals surface area contributed by atoms with E-state index in [2.05, 4.69) is 385 Å². The molecule has 0 aliphatic carbocycles. The summed E-state index contributed by atoms with van der Waals surface area (Å²) >= 11 is 0. The molecule has 5 atom stereocenters. The van der Waals surface area contributed by atoms with Gasteiger partial charge in [0.1, 0.15) is 34.1 Å². The molecule has 6 aromatic carbocycles. The lowest BCUT2D eigenvalue weighted by Gasteiger charge is -2.15. The smallest absolute Gasteiger partial charge is 0.131 e. The average molecular weight is 1460 g/mol. The second-order valence-corrected chi connectivity index (χ2v) is 27.4. The minimum atomic E-state index is 1.14. The van der Waals surface area contributed by atoms with E-state index in [0.717, 1.165) is 6.54 Å². The summed E-state index contributed by atoms with van der Waals surface area (Å²) in [6.07, 6.45) is 5.11. The molecule has 12 nitrogen and oxygen atoms in total. The molecule has 0 aromatic heterocycles. The molecule has 6 aromatic rings. The fourth-order valence-corrected chi connectivity index (χ4v) is 9.88. The number of quaternary nitrogens is 12. The normalized spacial score (nSPS) is 11.6. The maximum atomic E-state index is 2.23. The first-order chi connectivity index (χ1) is 50.1. The minimum absolute atomic E-state index is 1.14. The van der Waals surface area contributed by atoms with Gasteiger partial charge < -0.3 is 58.8 Å². The molecule has 600 valence electrons. The maximum absolute atomic E-state index is 2.23. The van der Waals surface area contributed by atoms with Crippen LogP contribution in [0.2, 0.25) is 0 Å². The Hall–Kier alpha value is -5.16. The Labute approximate surface area is 649 Å². The Balaban J connectivity index is -0.000000255. The van der Waals surface area contributed by atoms with Crippen LogP contribution in [0, 0.1) is 0 Å². The van der Waals surface area contributed by atoms with Crippen molar-refractivity contribution in [3.05, 3.63) is 182 Å². The summed E-state index contributed by atoms with van der Waals surface area (Å²) in [4.78, 5) is 18.8. The second kappa shape index (κ2) is 83.5. The number of rotatable bonds is 32. The van der Waals surface area contributed by atoms with Gasteiger partial charge in [-0.05, 0) is 223 Å². The summed E-state index contributed by atoms with van der Waals surface area (Å²) in [5, 5.41) is 0. The summed E-state index contributed by atoms with van der Waals surface area (Å²) in [5.41, 5.74) is 8.40. The number of nitrogens with one attached hydrogen (secondary N) is 12. The molecule has 104 heavy (non-hydrogen) atoms. The van der Waals surface area contributed by atoms with Gasteiger partial charge in [0.25, 0.3) is 0 Å². The molecule has 0 spiro atoms. The molecule has 6 rings (SSSR count). The first-order valence-corrected chi connectivity index (χ1v) is 42.3. The summed E-state index contributed by atoms with van der Waals surface area (Å²) in [7, 11) is 17.5. The minimum Gasteiger partial charge on any atom is -0.340 e. The molecule has 0 aliphatic rings. The van der Waals surface area contributed by atoms with Gasteiger partial charge in [-0.25, -0.2) is 0 Å². The van der Waals surface area contributed by atoms with Gasteiger partial charge in [0.2, 0.25) is 0 Å². The standard InChI is InChI=1S/2C11H17N.3C10H15N.C9H13N.2C6H15N.3C5H13N.C4H11N/c2*1-3-10-12(4-2)11-8-6-5-7-9-11;3*1-3-11(4-2)10-8-6-5-7-9-10;1-3-10(2)9-7-5-4-6-8-9;2*1-4-6-7(3)5-2;3*1-4-6(3)5-2;1-4-5(2)3/h2*5-9H,3-4,10H2,1-2H3;3*5-9H,3-4H2,1-2H3;4-8H,3H2,1-2H3;2*4-6H2,1-3H3;3*4-5H2,1-3H3;4H2,1-3H3/p+12. The van der Waals surface area contributed by atoms with Gasteiger partial charge in [0.15, 0.2) is 0 Å². The molecule has 12 heteroatoms. The lowest BCUT2D eigenvalue weighted by atomic mass is 10.3. The van der Waals surface area contributed by atoms with Crippen LogP contribution in [0.4, 0.5) is 34.1 Å². The summed E-state index contributed by atoms with van der Waals surface area (Å²) in [5.74, 6) is 0. The molecule has 0 heterocycles. The summed E-state index contributed by atoms with van der Waals surface area (Å²) in [6.45, 7) is 75.4. The monoisotopic (exact) mass is 1460 g/mol. The Morgan fingerprint density at radius 3 is 0.442 bits per heavy atom. The van der Waals surface area contributed by atoms with Crippen molar-refractivity contribution in [3.63, 3.8) is 0 Å². The Morgan fingerprint density at radius 2 is 0.327 bits per heavy atom. The second-order valence-electron chi connectivity index (χ2n) is 27.4. The van der Waals surface area contributed by atoms with Crippen molar-refractivity contribution in [3.8, 4) is 0 Å². The van der Waals surface area contributed by atoms with Crippen molar-refractivity contribution in [2.45, 2.75) is 178 Å². The molecule has 0 bridgehead atoms. The summed E-state index contributed by atoms with van der Waals surface area (Å²) in [6, 6.07) is 63.8. The van der Waals surface area contributed by atoms with E-state index in [0.29, 0.717) is 0 Å². The molecular weight excluding hydrogens is 1270 g/mol. The van der Waals surface area contributed by atoms with Gasteiger partial charge >= 0.3 is 0 Å². The van der Waals surface area contributed by atoms with Gasteiger partial charge in [0.05, 0.1) is 200 Å². The molecule has 0 radical (unpaired) electrons. The lowest BCUT2D eigenvalue weighted by Crippen LogP contribution is -3.08. The fraction of sp³-hybridized carbons (Fsp3) is 0.609. The first-order valence-electron chi connectivity index (χ1n) is 42.3. The highest BCUT2D eigenvalue weighted by molar-refractivity contribution is 5.31. The molecule has 12 N–H and O–H groups in total. The molecule has 0 fully saturated rings. The lowest BCUT2D eigenvalue weighted by molar-refractivity contribution is -0.877. The van der Waals surface area contributed by atoms with Crippen LogP contribution in [0.25, 0.3) is 0 Å². The molecule has 0 amide bonds. The molecule has 5 unspecified atom stereocenters. The third-order valence-electron chi connectivity index (χ3n) is 19.1. The summed E-state index contributed by atoms with van der Waals surface area (Å²) < 4.78 is 0. The largest absolute Gasteiger partial charge is 0.340 e. The van der Waals surface area contributed by atoms with E-state index < -0.39 is 0 Å². The Bertz CT molecular complexity index is 2260. The van der Waals surface area contributed by atoms with Crippen LogP contribution in [0.1, 0.15) is 178 Å². The predicted octanol–water partition coefficient (Wildman–Crippen LogP) is 5.48. The van der Waals surface area contributed by atoms with Gasteiger partial charge in [-0.15, -0.1) is 0 Å². The van der Waals surface area contributed by atoms with Crippen LogP contribution in [-0.2, 0) is 0 Å². The van der Waals surface area contributed by atoms with Gasteiger partial charge in [-0.1, -0.05) is 137 Å². The number of hydrogen-bond donors (Lipinski definition) is 12. The van der Waals surface area contributed by atoms with Crippen LogP contribution in [-0.4, -0.2) is 200 Å². The fourth-order valence-electron chi connectivity index (χ4n) is 9.88. The topological polar surface area (TPSA) is 53.3 Å². The third-order valence-corrected chi connectivity index (χ3v) is 19.1. The van der Waals surface area contributed by atoms with Crippen LogP contribution < -0.4 is 58.8 Å². The number of benzene rings is 6. The van der Waals surface area contributed by atoms with Crippen LogP contribution >= 0.6 is 0 Å². The van der Waals surface area contributed by atoms with E-state index in [1.54, 1.807) is 49.0 Å². The van der Waals surface area contributed by atoms with Crippen molar-refractivity contribution < 1.29 is 58.8 Å². The van der Waals surface area contributed by atoms with Crippen molar-refractivity contribution >= 4 is 34.1 Å². The van der Waals surface area contributed by atoms with Gasteiger partial charge in [-0.2, -0.15) is 0 Å². The van der Waals surface area contributed by atoms with E-state index >= 15 is 0 Å². The molecule has 0 saturated heterocycles. The van der Waals surface area contributed by atoms with E-state index in [-0.39, 0.29) is 0 Å². The van der Waals surface area contributed by atoms with Crippen molar-refractivity contribution in [2.75, 3.05) is 200 Å². The Morgan fingerprint density at radius 1 is 0.163 bits per heavy atom. The van der Waals surface area contributed by atoms with Crippen LogP contribution in [0.15, 0.2) is 182 Å². The zero-order chi connectivity index (χ0) is 80.0. The van der Waals surface area contributed by atoms with Crippen molar-refractivity contribution in [2.24, 2.45) is 0 Å². The van der Waals surface area contributed by atoms with E-state index in [1.165, 1.54) is 207 Å². The molecular formula is C92H184N12+12. The van der Waals surface area contributed by atoms with Crippen LogP contribution in [0.5, 0.6) is 0 Å².